The van der Waals surface area contributed by atoms with E-state index in [0.29, 0.717) is 0 Å². The van der Waals surface area contributed by atoms with Crippen LogP contribution in [0.3, 0.4) is 0 Å². The first-order valence-electron chi connectivity index (χ1n) is 7.15. The summed E-state index contributed by atoms with van der Waals surface area (Å²) in [5.41, 5.74) is 0. The molecule has 19 heavy (non-hydrogen) atoms. The highest BCUT2D eigenvalue weighted by molar-refractivity contribution is 7.18. The Morgan fingerprint density at radius 1 is 1.26 bits per heavy atom. The topological polar surface area (TPSA) is 29.0 Å². The maximum atomic E-state index is 4.57. The second kappa shape index (κ2) is 5.08. The summed E-state index contributed by atoms with van der Waals surface area (Å²) in [6.07, 6.45) is 4.12. The van der Waals surface area contributed by atoms with Crippen LogP contribution in [0.1, 0.15) is 32.1 Å². The molecule has 2 aromatic heterocycles. The van der Waals surface area contributed by atoms with Crippen LogP contribution in [-0.2, 0) is 6.42 Å². The molecule has 0 radical (unpaired) electrons. The number of anilines is 1. The van der Waals surface area contributed by atoms with E-state index in [2.05, 4.69) is 41.7 Å². The van der Waals surface area contributed by atoms with Crippen molar-refractivity contribution in [3.8, 4) is 0 Å². The van der Waals surface area contributed by atoms with Gasteiger partial charge in [0.15, 0.2) is 0 Å². The van der Waals surface area contributed by atoms with Crippen LogP contribution in [0, 0.1) is 11.8 Å². The van der Waals surface area contributed by atoms with E-state index in [9.17, 15) is 0 Å². The van der Waals surface area contributed by atoms with Gasteiger partial charge in [0, 0.05) is 18.0 Å². The van der Waals surface area contributed by atoms with Crippen LogP contribution in [0.2, 0.25) is 0 Å². The molecule has 1 fully saturated rings. The van der Waals surface area contributed by atoms with Crippen LogP contribution in [0.25, 0.3) is 10.2 Å². The molecule has 3 nitrogen and oxygen atoms in total. The van der Waals surface area contributed by atoms with E-state index in [1.54, 1.807) is 17.7 Å². The van der Waals surface area contributed by atoms with Crippen molar-refractivity contribution in [2.75, 3.05) is 18.0 Å². The molecule has 0 N–H and O–H groups in total. The van der Waals surface area contributed by atoms with Gasteiger partial charge in [-0.1, -0.05) is 20.8 Å². The van der Waals surface area contributed by atoms with Gasteiger partial charge < -0.3 is 4.90 Å². The average molecular weight is 275 g/mol. The number of hydrogen-bond donors (Lipinski definition) is 0. The predicted octanol–water partition coefficient (Wildman–Crippen LogP) is 3.74. The SMILES string of the molecule is CCc1cc2c(N3C[C@H](C)C[C@H](C)C3)ncnc2s1. The maximum absolute atomic E-state index is 4.57. The highest BCUT2D eigenvalue weighted by atomic mass is 32.1. The molecule has 1 aliphatic rings. The third-order valence-corrected chi connectivity index (χ3v) is 5.06. The van der Waals surface area contributed by atoms with Crippen LogP contribution >= 0.6 is 11.3 Å². The van der Waals surface area contributed by atoms with E-state index >= 15 is 0 Å². The van der Waals surface area contributed by atoms with Gasteiger partial charge in [0.1, 0.15) is 17.0 Å². The molecule has 1 saturated heterocycles. The van der Waals surface area contributed by atoms with Gasteiger partial charge in [0.25, 0.3) is 0 Å². The molecule has 2 aromatic rings. The van der Waals surface area contributed by atoms with Gasteiger partial charge in [-0.05, 0) is 30.7 Å². The van der Waals surface area contributed by atoms with Gasteiger partial charge in [-0.3, -0.25) is 0 Å². The van der Waals surface area contributed by atoms with Crippen LogP contribution in [-0.4, -0.2) is 23.1 Å². The lowest BCUT2D eigenvalue weighted by molar-refractivity contribution is 0.356. The Bertz CT molecular complexity index is 568. The van der Waals surface area contributed by atoms with E-state index < -0.39 is 0 Å². The highest BCUT2D eigenvalue weighted by Gasteiger charge is 2.24. The summed E-state index contributed by atoms with van der Waals surface area (Å²) in [7, 11) is 0. The lowest BCUT2D eigenvalue weighted by atomic mass is 9.92. The summed E-state index contributed by atoms with van der Waals surface area (Å²) < 4.78 is 0. The highest BCUT2D eigenvalue weighted by Crippen LogP contribution is 2.33. The molecule has 0 unspecified atom stereocenters. The van der Waals surface area contributed by atoms with Gasteiger partial charge in [-0.2, -0.15) is 0 Å². The zero-order valence-corrected chi connectivity index (χ0v) is 12.7. The monoisotopic (exact) mass is 275 g/mol. The molecule has 3 rings (SSSR count). The predicted molar refractivity (Wildman–Crippen MR) is 82.0 cm³/mol. The van der Waals surface area contributed by atoms with Crippen molar-refractivity contribution in [1.82, 2.24) is 9.97 Å². The first-order chi connectivity index (χ1) is 9.17. The normalized spacial score (nSPS) is 24.1. The van der Waals surface area contributed by atoms with E-state index in [0.717, 1.165) is 42.0 Å². The Morgan fingerprint density at radius 3 is 2.68 bits per heavy atom. The molecule has 0 spiro atoms. The van der Waals surface area contributed by atoms with Crippen molar-refractivity contribution < 1.29 is 0 Å². The first kappa shape index (κ1) is 12.9. The Hall–Kier alpha value is -1.16. The van der Waals surface area contributed by atoms with Gasteiger partial charge in [-0.25, -0.2) is 9.97 Å². The van der Waals surface area contributed by atoms with Gasteiger partial charge in [0.05, 0.1) is 5.39 Å². The summed E-state index contributed by atoms with van der Waals surface area (Å²) in [5.74, 6) is 2.63. The fraction of sp³-hybridized carbons (Fsp3) is 0.600. The fourth-order valence-electron chi connectivity index (χ4n) is 3.16. The number of piperidine rings is 1. The van der Waals surface area contributed by atoms with Crippen LogP contribution in [0.5, 0.6) is 0 Å². The summed E-state index contributed by atoms with van der Waals surface area (Å²) in [6, 6.07) is 2.28. The minimum absolute atomic E-state index is 0.748. The molecular weight excluding hydrogens is 254 g/mol. The Kier molecular flexibility index (Phi) is 3.44. The van der Waals surface area contributed by atoms with E-state index in [-0.39, 0.29) is 0 Å². The largest absolute Gasteiger partial charge is 0.355 e. The number of nitrogens with zero attached hydrogens (tertiary/aromatic N) is 3. The van der Waals surface area contributed by atoms with E-state index in [1.165, 1.54) is 16.7 Å². The molecule has 4 heteroatoms. The minimum Gasteiger partial charge on any atom is -0.355 e. The van der Waals surface area contributed by atoms with Gasteiger partial charge in [0.2, 0.25) is 0 Å². The molecule has 0 saturated carbocycles. The van der Waals surface area contributed by atoms with Gasteiger partial charge >= 0.3 is 0 Å². The molecule has 0 aliphatic carbocycles. The Balaban J connectivity index is 2.01. The molecule has 2 atom stereocenters. The third-order valence-electron chi connectivity index (χ3n) is 3.88. The Morgan fingerprint density at radius 2 is 2.00 bits per heavy atom. The molecule has 0 amide bonds. The smallest absolute Gasteiger partial charge is 0.140 e. The van der Waals surface area contributed by atoms with E-state index in [1.807, 2.05) is 0 Å². The molecule has 3 heterocycles. The number of fused-ring (bicyclic) bond motifs is 1. The quantitative estimate of drug-likeness (QED) is 0.836. The van der Waals surface area contributed by atoms with Crippen LogP contribution in [0.4, 0.5) is 5.82 Å². The van der Waals surface area contributed by atoms with Crippen molar-refractivity contribution >= 4 is 27.4 Å². The number of aromatic nitrogens is 2. The molecule has 0 aromatic carbocycles. The minimum atomic E-state index is 0.748. The molecule has 0 bridgehead atoms. The lowest BCUT2D eigenvalue weighted by Crippen LogP contribution is -2.39. The first-order valence-corrected chi connectivity index (χ1v) is 7.97. The van der Waals surface area contributed by atoms with Crippen molar-refractivity contribution in [3.05, 3.63) is 17.3 Å². The van der Waals surface area contributed by atoms with Crippen LogP contribution < -0.4 is 4.90 Å². The third kappa shape index (κ3) is 2.46. The molecular formula is C15H21N3S. The zero-order chi connectivity index (χ0) is 13.4. The van der Waals surface area contributed by atoms with Crippen molar-refractivity contribution in [3.63, 3.8) is 0 Å². The second-order valence-electron chi connectivity index (χ2n) is 5.83. The number of hydrogen-bond acceptors (Lipinski definition) is 4. The number of aryl methyl sites for hydroxylation is 1. The standard InChI is InChI=1S/C15H21N3S/c1-4-12-6-13-14(16-9-17-15(13)19-12)18-7-10(2)5-11(3)8-18/h6,9-11H,4-5,7-8H2,1-3H3/t10-,11+. The lowest BCUT2D eigenvalue weighted by Gasteiger charge is -2.36. The number of rotatable bonds is 2. The van der Waals surface area contributed by atoms with Crippen molar-refractivity contribution in [2.45, 2.75) is 33.6 Å². The Labute approximate surface area is 118 Å². The summed E-state index contributed by atoms with van der Waals surface area (Å²) in [6.45, 7) is 9.11. The van der Waals surface area contributed by atoms with Gasteiger partial charge in [-0.15, -0.1) is 11.3 Å². The number of thiophene rings is 1. The second-order valence-corrected chi connectivity index (χ2v) is 6.95. The average Bonchev–Trinajstić information content (AvgIpc) is 2.80. The van der Waals surface area contributed by atoms with E-state index in [4.69, 9.17) is 0 Å². The van der Waals surface area contributed by atoms with Crippen molar-refractivity contribution in [1.29, 1.82) is 0 Å². The summed E-state index contributed by atoms with van der Waals surface area (Å²) in [5, 5.41) is 1.24. The summed E-state index contributed by atoms with van der Waals surface area (Å²) in [4.78, 5) is 14.0. The zero-order valence-electron chi connectivity index (χ0n) is 11.9. The van der Waals surface area contributed by atoms with Crippen molar-refractivity contribution in [2.24, 2.45) is 11.8 Å². The molecule has 1 aliphatic heterocycles. The fourth-order valence-corrected chi connectivity index (χ4v) is 4.08. The maximum Gasteiger partial charge on any atom is 0.140 e. The molecule has 102 valence electrons. The van der Waals surface area contributed by atoms with Crippen LogP contribution in [0.15, 0.2) is 12.4 Å². The summed E-state index contributed by atoms with van der Waals surface area (Å²) >= 11 is 1.80.